The van der Waals surface area contributed by atoms with Crippen LogP contribution in [0.2, 0.25) is 5.02 Å². The second-order valence-electron chi connectivity index (χ2n) is 6.46. The number of hydrogen-bond acceptors (Lipinski definition) is 5. The predicted octanol–water partition coefficient (Wildman–Crippen LogP) is 2.88. The first kappa shape index (κ1) is 18.2. The van der Waals surface area contributed by atoms with E-state index in [1.54, 1.807) is 25.2 Å². The van der Waals surface area contributed by atoms with Crippen LogP contribution in [0.25, 0.3) is 5.52 Å². The van der Waals surface area contributed by atoms with Gasteiger partial charge in [-0.05, 0) is 30.3 Å². The number of pyridine rings is 1. The van der Waals surface area contributed by atoms with Crippen LogP contribution in [-0.2, 0) is 9.84 Å². The molecule has 3 heterocycles. The molecule has 2 N–H and O–H groups in total. The van der Waals surface area contributed by atoms with Crippen molar-refractivity contribution in [2.75, 3.05) is 43.4 Å². The molecule has 1 aliphatic heterocycles. The molecule has 1 aromatic carbocycles. The molecule has 0 amide bonds. The minimum atomic E-state index is -3.73. The maximum absolute atomic E-state index is 13.4. The fourth-order valence-electron chi connectivity index (χ4n) is 3.52. The second kappa shape index (κ2) is 7.07. The highest BCUT2D eigenvalue weighted by atomic mass is 35.5. The summed E-state index contributed by atoms with van der Waals surface area (Å²) in [6, 6.07) is 12.1. The summed E-state index contributed by atoms with van der Waals surface area (Å²) in [5.41, 5.74) is 1.22. The van der Waals surface area contributed by atoms with Crippen LogP contribution in [0.4, 0.5) is 11.5 Å². The third-order valence-corrected chi connectivity index (χ3v) is 6.90. The van der Waals surface area contributed by atoms with Crippen LogP contribution in [0, 0.1) is 0 Å². The summed E-state index contributed by atoms with van der Waals surface area (Å²) in [7, 11) is -2.00. The molecular formula is C19H21ClN4O2S. The first-order chi connectivity index (χ1) is 13.0. The number of anilines is 2. The van der Waals surface area contributed by atoms with Crippen molar-refractivity contribution in [1.82, 2.24) is 9.72 Å². The van der Waals surface area contributed by atoms with Gasteiger partial charge >= 0.3 is 0 Å². The van der Waals surface area contributed by atoms with Gasteiger partial charge in [0.25, 0.3) is 0 Å². The van der Waals surface area contributed by atoms with Gasteiger partial charge in [-0.3, -0.25) is 4.40 Å². The van der Waals surface area contributed by atoms with Gasteiger partial charge in [-0.2, -0.15) is 0 Å². The standard InChI is InChI=1S/C19H21ClN4O2S/c1-21-16-13-24-17(6-3-7-18(24)23-10-8-22-9-11-23)19(16)27(25,26)15-5-2-4-14(20)12-15/h2-7,12-13,21-22H,8-11H2,1H3. The number of sulfone groups is 1. The lowest BCUT2D eigenvalue weighted by Crippen LogP contribution is -2.44. The van der Waals surface area contributed by atoms with Crippen molar-refractivity contribution in [3.05, 3.63) is 53.7 Å². The van der Waals surface area contributed by atoms with Crippen molar-refractivity contribution in [2.45, 2.75) is 9.79 Å². The minimum absolute atomic E-state index is 0.187. The monoisotopic (exact) mass is 404 g/mol. The Morgan fingerprint density at radius 3 is 2.56 bits per heavy atom. The van der Waals surface area contributed by atoms with Gasteiger partial charge in [0.15, 0.2) is 0 Å². The van der Waals surface area contributed by atoms with Crippen molar-refractivity contribution >= 4 is 38.5 Å². The Kier molecular flexibility index (Phi) is 4.75. The Hall–Kier alpha value is -2.22. The number of hydrogen-bond donors (Lipinski definition) is 2. The zero-order valence-electron chi connectivity index (χ0n) is 14.9. The molecule has 0 unspecified atom stereocenters. The molecule has 1 saturated heterocycles. The molecule has 0 spiro atoms. The molecule has 4 rings (SSSR count). The average molecular weight is 405 g/mol. The normalized spacial score (nSPS) is 15.3. The first-order valence-electron chi connectivity index (χ1n) is 8.80. The number of piperazine rings is 1. The van der Waals surface area contributed by atoms with Gasteiger partial charge in [0.1, 0.15) is 10.7 Å². The van der Waals surface area contributed by atoms with E-state index >= 15 is 0 Å². The Balaban J connectivity index is 1.93. The maximum Gasteiger partial charge on any atom is 0.210 e. The summed E-state index contributed by atoms with van der Waals surface area (Å²) in [4.78, 5) is 2.72. The molecule has 0 atom stereocenters. The van der Waals surface area contributed by atoms with Gasteiger partial charge in [-0.25, -0.2) is 8.42 Å². The van der Waals surface area contributed by atoms with Gasteiger partial charge in [-0.15, -0.1) is 0 Å². The summed E-state index contributed by atoms with van der Waals surface area (Å²) in [5, 5.41) is 6.78. The predicted molar refractivity (Wildman–Crippen MR) is 109 cm³/mol. The third kappa shape index (κ3) is 3.16. The number of nitrogens with zero attached hydrogens (tertiary/aromatic N) is 2. The molecule has 8 heteroatoms. The van der Waals surface area contributed by atoms with E-state index in [1.165, 1.54) is 6.07 Å². The quantitative estimate of drug-likeness (QED) is 0.700. The lowest BCUT2D eigenvalue weighted by atomic mass is 10.3. The molecule has 3 aromatic rings. The highest BCUT2D eigenvalue weighted by Gasteiger charge is 2.27. The summed E-state index contributed by atoms with van der Waals surface area (Å²) in [6.07, 6.45) is 1.85. The van der Waals surface area contributed by atoms with Crippen LogP contribution in [-0.4, -0.2) is 46.0 Å². The van der Waals surface area contributed by atoms with Crippen LogP contribution in [0.15, 0.2) is 58.5 Å². The van der Waals surface area contributed by atoms with Crippen LogP contribution in [0.5, 0.6) is 0 Å². The van der Waals surface area contributed by atoms with E-state index in [9.17, 15) is 8.42 Å². The highest BCUT2D eigenvalue weighted by Crippen LogP contribution is 2.36. The summed E-state index contributed by atoms with van der Waals surface area (Å²) in [6.45, 7) is 3.57. The van der Waals surface area contributed by atoms with Crippen LogP contribution in [0.1, 0.15) is 0 Å². The number of nitrogens with one attached hydrogen (secondary N) is 2. The molecule has 0 saturated carbocycles. The van der Waals surface area contributed by atoms with E-state index in [0.717, 1.165) is 32.0 Å². The Morgan fingerprint density at radius 2 is 1.85 bits per heavy atom. The molecule has 0 aliphatic carbocycles. The minimum Gasteiger partial charge on any atom is -0.386 e. The zero-order chi connectivity index (χ0) is 19.0. The first-order valence-corrected chi connectivity index (χ1v) is 10.7. The summed E-state index contributed by atoms with van der Waals surface area (Å²) in [5.74, 6) is 0.984. The molecule has 0 radical (unpaired) electrons. The molecule has 1 fully saturated rings. The summed E-state index contributed by atoms with van der Waals surface area (Å²) < 4.78 is 28.7. The second-order valence-corrected chi connectivity index (χ2v) is 8.78. The lowest BCUT2D eigenvalue weighted by molar-refractivity contribution is 0.583. The number of rotatable bonds is 4. The van der Waals surface area contributed by atoms with Crippen molar-refractivity contribution in [1.29, 1.82) is 0 Å². The number of aromatic nitrogens is 1. The average Bonchev–Trinajstić information content (AvgIpc) is 3.08. The topological polar surface area (TPSA) is 65.8 Å². The van der Waals surface area contributed by atoms with E-state index in [4.69, 9.17) is 11.6 Å². The van der Waals surface area contributed by atoms with Gasteiger partial charge in [0, 0.05) is 44.4 Å². The molecular weight excluding hydrogens is 384 g/mol. The van der Waals surface area contributed by atoms with Crippen molar-refractivity contribution < 1.29 is 8.42 Å². The van der Waals surface area contributed by atoms with Crippen LogP contribution in [0.3, 0.4) is 0 Å². The Bertz CT molecular complexity index is 1090. The van der Waals surface area contributed by atoms with E-state index in [-0.39, 0.29) is 9.79 Å². The van der Waals surface area contributed by atoms with Crippen LogP contribution < -0.4 is 15.5 Å². The fraction of sp³-hybridized carbons (Fsp3) is 0.263. The molecule has 6 nitrogen and oxygen atoms in total. The molecule has 142 valence electrons. The third-order valence-electron chi connectivity index (χ3n) is 4.83. The van der Waals surface area contributed by atoms with Gasteiger partial charge in [-0.1, -0.05) is 23.7 Å². The SMILES string of the molecule is CNc1cn2c(N3CCNCC3)cccc2c1S(=O)(=O)c1cccc(Cl)c1. The summed E-state index contributed by atoms with van der Waals surface area (Å²) >= 11 is 6.03. The van der Waals surface area contributed by atoms with Crippen molar-refractivity contribution in [3.8, 4) is 0 Å². The van der Waals surface area contributed by atoms with E-state index in [2.05, 4.69) is 15.5 Å². The number of benzene rings is 1. The highest BCUT2D eigenvalue weighted by molar-refractivity contribution is 7.92. The molecule has 27 heavy (non-hydrogen) atoms. The largest absolute Gasteiger partial charge is 0.386 e. The van der Waals surface area contributed by atoms with Crippen LogP contribution >= 0.6 is 11.6 Å². The fourth-order valence-corrected chi connectivity index (χ4v) is 5.44. The van der Waals surface area contributed by atoms with Gasteiger partial charge in [0.05, 0.1) is 16.1 Å². The van der Waals surface area contributed by atoms with Crippen molar-refractivity contribution in [3.63, 3.8) is 0 Å². The lowest BCUT2D eigenvalue weighted by Gasteiger charge is -2.30. The van der Waals surface area contributed by atoms with E-state index in [1.807, 2.05) is 28.8 Å². The molecule has 0 bridgehead atoms. The Morgan fingerprint density at radius 1 is 1.11 bits per heavy atom. The smallest absolute Gasteiger partial charge is 0.210 e. The molecule has 1 aliphatic rings. The Labute approximate surface area is 163 Å². The zero-order valence-corrected chi connectivity index (χ0v) is 16.5. The van der Waals surface area contributed by atoms with E-state index < -0.39 is 9.84 Å². The van der Waals surface area contributed by atoms with Crippen molar-refractivity contribution in [2.24, 2.45) is 0 Å². The maximum atomic E-state index is 13.4. The van der Waals surface area contributed by atoms with Gasteiger partial charge < -0.3 is 15.5 Å². The number of fused-ring (bicyclic) bond motifs is 1. The van der Waals surface area contributed by atoms with Gasteiger partial charge in [0.2, 0.25) is 9.84 Å². The number of halogens is 1. The van der Waals surface area contributed by atoms with E-state index in [0.29, 0.717) is 16.2 Å². The molecule has 2 aromatic heterocycles.